The van der Waals surface area contributed by atoms with Crippen LogP contribution in [0.3, 0.4) is 0 Å². The van der Waals surface area contributed by atoms with Gasteiger partial charge in [-0.2, -0.15) is 0 Å². The standard InChI is InChI=1S/C22H27NO3/c1-3-26-21(24)11-7-5-9-18-12-14-19(15-13-18)22(25)23-16-20-10-6-4-8-17(20)2/h4,6,8,10,12-15H,3,5,7,9,11,16H2,1-2H3,(H,23,25). The molecule has 0 heterocycles. The van der Waals surface area contributed by atoms with Crippen molar-refractivity contribution in [1.82, 2.24) is 5.32 Å². The second-order valence-electron chi connectivity index (χ2n) is 6.32. The number of nitrogens with one attached hydrogen (secondary N) is 1. The lowest BCUT2D eigenvalue weighted by molar-refractivity contribution is -0.143. The van der Waals surface area contributed by atoms with Gasteiger partial charge in [-0.15, -0.1) is 0 Å². The fourth-order valence-corrected chi connectivity index (χ4v) is 2.74. The minimum absolute atomic E-state index is 0.0675. The highest BCUT2D eigenvalue weighted by Crippen LogP contribution is 2.11. The van der Waals surface area contributed by atoms with Crippen molar-refractivity contribution >= 4 is 11.9 Å². The van der Waals surface area contributed by atoms with E-state index >= 15 is 0 Å². The van der Waals surface area contributed by atoms with E-state index in [-0.39, 0.29) is 11.9 Å². The van der Waals surface area contributed by atoms with Gasteiger partial charge in [0.05, 0.1) is 6.61 Å². The summed E-state index contributed by atoms with van der Waals surface area (Å²) in [6, 6.07) is 15.7. The predicted molar refractivity (Wildman–Crippen MR) is 103 cm³/mol. The molecular weight excluding hydrogens is 326 g/mol. The highest BCUT2D eigenvalue weighted by molar-refractivity contribution is 5.94. The second-order valence-corrected chi connectivity index (χ2v) is 6.32. The molecule has 0 bridgehead atoms. The van der Waals surface area contributed by atoms with Gasteiger partial charge in [0.25, 0.3) is 5.91 Å². The summed E-state index contributed by atoms with van der Waals surface area (Å²) in [5, 5.41) is 2.96. The fraction of sp³-hybridized carbons (Fsp3) is 0.364. The molecule has 0 spiro atoms. The van der Waals surface area contributed by atoms with Crippen LogP contribution in [-0.4, -0.2) is 18.5 Å². The molecule has 0 atom stereocenters. The molecule has 0 saturated carbocycles. The zero-order valence-electron chi connectivity index (χ0n) is 15.6. The van der Waals surface area contributed by atoms with Gasteiger partial charge in [-0.05, 0) is 61.9 Å². The van der Waals surface area contributed by atoms with Crippen molar-refractivity contribution in [2.24, 2.45) is 0 Å². The van der Waals surface area contributed by atoms with E-state index in [1.165, 1.54) is 11.1 Å². The highest BCUT2D eigenvalue weighted by atomic mass is 16.5. The van der Waals surface area contributed by atoms with Gasteiger partial charge in [-0.1, -0.05) is 36.4 Å². The first-order chi connectivity index (χ1) is 12.6. The Hall–Kier alpha value is -2.62. The average Bonchev–Trinajstić information content (AvgIpc) is 2.65. The van der Waals surface area contributed by atoms with Crippen LogP contribution in [0.4, 0.5) is 0 Å². The van der Waals surface area contributed by atoms with E-state index in [0.29, 0.717) is 25.1 Å². The molecule has 0 unspecified atom stereocenters. The van der Waals surface area contributed by atoms with E-state index in [1.807, 2.05) is 62.4 Å². The molecule has 1 amide bonds. The maximum Gasteiger partial charge on any atom is 0.305 e. The van der Waals surface area contributed by atoms with Crippen molar-refractivity contribution in [2.45, 2.75) is 46.1 Å². The van der Waals surface area contributed by atoms with Crippen LogP contribution in [0.15, 0.2) is 48.5 Å². The number of benzene rings is 2. The van der Waals surface area contributed by atoms with Crippen LogP contribution < -0.4 is 5.32 Å². The quantitative estimate of drug-likeness (QED) is 0.543. The highest BCUT2D eigenvalue weighted by Gasteiger charge is 2.06. The van der Waals surface area contributed by atoms with E-state index in [9.17, 15) is 9.59 Å². The molecular formula is C22H27NO3. The molecule has 1 N–H and O–H groups in total. The third-order valence-corrected chi connectivity index (χ3v) is 4.32. The molecule has 0 aromatic heterocycles. The van der Waals surface area contributed by atoms with Gasteiger partial charge in [-0.25, -0.2) is 0 Å². The van der Waals surface area contributed by atoms with Crippen LogP contribution in [-0.2, 0) is 22.5 Å². The Kier molecular flexibility index (Phi) is 7.87. The maximum atomic E-state index is 12.3. The number of aryl methyl sites for hydroxylation is 2. The van der Waals surface area contributed by atoms with Gasteiger partial charge in [-0.3, -0.25) is 9.59 Å². The molecule has 26 heavy (non-hydrogen) atoms. The lowest BCUT2D eigenvalue weighted by Gasteiger charge is -2.08. The lowest BCUT2D eigenvalue weighted by Crippen LogP contribution is -2.23. The molecule has 0 fully saturated rings. The van der Waals surface area contributed by atoms with Crippen molar-refractivity contribution in [3.05, 3.63) is 70.8 Å². The van der Waals surface area contributed by atoms with Gasteiger partial charge in [0.1, 0.15) is 0 Å². The zero-order chi connectivity index (χ0) is 18.8. The van der Waals surface area contributed by atoms with Crippen LogP contribution in [0.5, 0.6) is 0 Å². The van der Waals surface area contributed by atoms with Crippen molar-refractivity contribution in [3.8, 4) is 0 Å². The number of ether oxygens (including phenoxy) is 1. The summed E-state index contributed by atoms with van der Waals surface area (Å²) in [6.07, 6.45) is 3.10. The minimum atomic E-state index is -0.131. The van der Waals surface area contributed by atoms with Gasteiger partial charge in [0, 0.05) is 18.5 Å². The first-order valence-corrected chi connectivity index (χ1v) is 9.17. The van der Waals surface area contributed by atoms with E-state index < -0.39 is 0 Å². The monoisotopic (exact) mass is 353 g/mol. The third-order valence-electron chi connectivity index (χ3n) is 4.32. The van der Waals surface area contributed by atoms with Crippen LogP contribution >= 0.6 is 0 Å². The molecule has 2 rings (SSSR count). The summed E-state index contributed by atoms with van der Waals surface area (Å²) < 4.78 is 4.92. The Labute approximate surface area is 155 Å². The molecule has 0 saturated heterocycles. The summed E-state index contributed by atoms with van der Waals surface area (Å²) in [5.74, 6) is -0.199. The maximum absolute atomic E-state index is 12.3. The number of rotatable bonds is 9. The topological polar surface area (TPSA) is 55.4 Å². The van der Waals surface area contributed by atoms with Crippen molar-refractivity contribution < 1.29 is 14.3 Å². The Morgan fingerprint density at radius 1 is 1.00 bits per heavy atom. The first kappa shape index (κ1) is 19.7. The summed E-state index contributed by atoms with van der Waals surface area (Å²) in [6.45, 7) is 4.82. The number of unbranched alkanes of at least 4 members (excludes halogenated alkanes) is 1. The van der Waals surface area contributed by atoms with E-state index in [0.717, 1.165) is 24.8 Å². The Morgan fingerprint density at radius 2 is 1.73 bits per heavy atom. The Balaban J connectivity index is 1.76. The molecule has 0 aliphatic heterocycles. The SMILES string of the molecule is CCOC(=O)CCCCc1ccc(C(=O)NCc2ccccc2C)cc1. The van der Waals surface area contributed by atoms with Crippen LogP contribution in [0.1, 0.15) is 53.2 Å². The van der Waals surface area contributed by atoms with E-state index in [2.05, 4.69) is 5.32 Å². The fourth-order valence-electron chi connectivity index (χ4n) is 2.74. The Morgan fingerprint density at radius 3 is 2.42 bits per heavy atom. The van der Waals surface area contributed by atoms with Gasteiger partial charge in [0.2, 0.25) is 0 Å². The summed E-state index contributed by atoms with van der Waals surface area (Å²) in [5.41, 5.74) is 4.13. The number of hydrogen-bond donors (Lipinski definition) is 1. The van der Waals surface area contributed by atoms with Crippen molar-refractivity contribution in [2.75, 3.05) is 6.61 Å². The number of amides is 1. The predicted octanol–water partition coefficient (Wildman–Crippen LogP) is 4.20. The van der Waals surface area contributed by atoms with E-state index in [1.54, 1.807) is 0 Å². The molecule has 2 aromatic rings. The lowest BCUT2D eigenvalue weighted by atomic mass is 10.0. The molecule has 0 aliphatic rings. The molecule has 138 valence electrons. The smallest absolute Gasteiger partial charge is 0.305 e. The van der Waals surface area contributed by atoms with Crippen molar-refractivity contribution in [3.63, 3.8) is 0 Å². The second kappa shape index (κ2) is 10.4. The largest absolute Gasteiger partial charge is 0.466 e. The van der Waals surface area contributed by atoms with Gasteiger partial charge in [0.15, 0.2) is 0 Å². The zero-order valence-corrected chi connectivity index (χ0v) is 15.6. The minimum Gasteiger partial charge on any atom is -0.466 e. The van der Waals surface area contributed by atoms with Gasteiger partial charge < -0.3 is 10.1 Å². The van der Waals surface area contributed by atoms with Crippen LogP contribution in [0.25, 0.3) is 0 Å². The summed E-state index contributed by atoms with van der Waals surface area (Å²) in [7, 11) is 0. The molecule has 4 heteroatoms. The number of hydrogen-bond acceptors (Lipinski definition) is 3. The molecule has 2 aromatic carbocycles. The first-order valence-electron chi connectivity index (χ1n) is 9.17. The summed E-state index contributed by atoms with van der Waals surface area (Å²) >= 11 is 0. The normalized spacial score (nSPS) is 10.4. The molecule has 4 nitrogen and oxygen atoms in total. The number of carbonyl (C=O) groups excluding carboxylic acids is 2. The number of esters is 1. The van der Waals surface area contributed by atoms with Crippen LogP contribution in [0, 0.1) is 6.92 Å². The third kappa shape index (κ3) is 6.36. The molecule has 0 radical (unpaired) electrons. The average molecular weight is 353 g/mol. The molecule has 0 aliphatic carbocycles. The summed E-state index contributed by atoms with van der Waals surface area (Å²) in [4.78, 5) is 23.6. The van der Waals surface area contributed by atoms with E-state index in [4.69, 9.17) is 4.74 Å². The van der Waals surface area contributed by atoms with Gasteiger partial charge >= 0.3 is 5.97 Å². The van der Waals surface area contributed by atoms with Crippen LogP contribution in [0.2, 0.25) is 0 Å². The Bertz CT molecular complexity index is 722. The van der Waals surface area contributed by atoms with Crippen molar-refractivity contribution in [1.29, 1.82) is 0 Å². The number of carbonyl (C=O) groups is 2.